The van der Waals surface area contributed by atoms with Crippen molar-refractivity contribution in [3.63, 3.8) is 0 Å². The zero-order chi connectivity index (χ0) is 21.9. The second-order valence-corrected chi connectivity index (χ2v) is 8.94. The van der Waals surface area contributed by atoms with Crippen LogP contribution in [-0.2, 0) is 21.2 Å². The Kier molecular flexibility index (Phi) is 6.26. The van der Waals surface area contributed by atoms with Gasteiger partial charge in [-0.1, -0.05) is 23.8 Å². The Hall–Kier alpha value is -3.13. The molecular formula is C22H20F2N2O3S. The third-order valence-corrected chi connectivity index (χ3v) is 6.60. The minimum Gasteiger partial charge on any atom is -0.352 e. The van der Waals surface area contributed by atoms with Crippen LogP contribution in [0.3, 0.4) is 0 Å². The third kappa shape index (κ3) is 4.71. The number of hydrogen-bond donors (Lipinski definition) is 1. The summed E-state index contributed by atoms with van der Waals surface area (Å²) in [7, 11) is -4.14. The maximum absolute atomic E-state index is 14.6. The Morgan fingerprint density at radius 3 is 2.37 bits per heavy atom. The first-order valence-corrected chi connectivity index (χ1v) is 10.7. The van der Waals surface area contributed by atoms with Crippen molar-refractivity contribution in [3.05, 3.63) is 94.8 Å². The predicted octanol–water partition coefficient (Wildman–Crippen LogP) is 3.87. The van der Waals surface area contributed by atoms with Gasteiger partial charge in [0.1, 0.15) is 16.9 Å². The Balaban J connectivity index is 2.12. The second-order valence-electron chi connectivity index (χ2n) is 6.90. The zero-order valence-corrected chi connectivity index (χ0v) is 17.2. The first-order valence-electron chi connectivity index (χ1n) is 9.13. The first kappa shape index (κ1) is 21.6. The number of aromatic nitrogens is 1. The van der Waals surface area contributed by atoms with Gasteiger partial charge in [0.15, 0.2) is 9.84 Å². The third-order valence-electron chi connectivity index (χ3n) is 4.56. The highest BCUT2D eigenvalue weighted by Crippen LogP contribution is 2.36. The summed E-state index contributed by atoms with van der Waals surface area (Å²) in [6.45, 7) is 3.40. The number of carbonyl (C=O) groups excluding carboxylic acids is 1. The van der Waals surface area contributed by atoms with Crippen molar-refractivity contribution in [3.8, 4) is 0 Å². The Morgan fingerprint density at radius 2 is 1.77 bits per heavy atom. The number of halogens is 2. The summed E-state index contributed by atoms with van der Waals surface area (Å²) < 4.78 is 55.3. The molecule has 3 rings (SSSR count). The van der Waals surface area contributed by atoms with Crippen molar-refractivity contribution >= 4 is 15.7 Å². The van der Waals surface area contributed by atoms with Crippen LogP contribution in [-0.4, -0.2) is 19.3 Å². The number of hydrogen-bond acceptors (Lipinski definition) is 4. The molecule has 30 heavy (non-hydrogen) atoms. The van der Waals surface area contributed by atoms with Crippen molar-refractivity contribution in [1.29, 1.82) is 0 Å². The molecule has 5 nitrogen and oxygen atoms in total. The molecule has 0 aliphatic carbocycles. The molecule has 1 amide bonds. The van der Waals surface area contributed by atoms with Gasteiger partial charge in [-0.15, -0.1) is 0 Å². The molecule has 0 aliphatic heterocycles. The van der Waals surface area contributed by atoms with Gasteiger partial charge in [0, 0.05) is 25.2 Å². The van der Waals surface area contributed by atoms with Crippen molar-refractivity contribution in [2.75, 3.05) is 0 Å². The normalized spacial score (nSPS) is 12.4. The number of benzene rings is 2. The summed E-state index contributed by atoms with van der Waals surface area (Å²) in [5.41, 5.74) is 1.23. The van der Waals surface area contributed by atoms with Gasteiger partial charge in [-0.3, -0.25) is 9.78 Å². The fourth-order valence-corrected chi connectivity index (χ4v) is 4.75. The first-order chi connectivity index (χ1) is 14.2. The number of carbonyl (C=O) groups is 1. The molecule has 0 saturated heterocycles. The summed E-state index contributed by atoms with van der Waals surface area (Å²) in [6.07, 6.45) is 1.40. The van der Waals surface area contributed by atoms with Gasteiger partial charge in [0.2, 0.25) is 5.91 Å². The maximum Gasteiger partial charge on any atom is 0.217 e. The summed E-state index contributed by atoms with van der Waals surface area (Å²) in [5, 5.41) is 1.08. The smallest absolute Gasteiger partial charge is 0.217 e. The molecule has 0 radical (unpaired) electrons. The van der Waals surface area contributed by atoms with E-state index in [9.17, 15) is 22.0 Å². The molecular weight excluding hydrogens is 410 g/mol. The van der Waals surface area contributed by atoms with E-state index in [-0.39, 0.29) is 28.6 Å². The molecule has 1 heterocycles. The highest BCUT2D eigenvalue weighted by molar-refractivity contribution is 7.91. The van der Waals surface area contributed by atoms with Crippen molar-refractivity contribution < 1.29 is 22.0 Å². The number of nitrogens with one attached hydrogen (secondary N) is 1. The van der Waals surface area contributed by atoms with Crippen LogP contribution >= 0.6 is 0 Å². The lowest BCUT2D eigenvalue weighted by atomic mass is 10.1. The van der Waals surface area contributed by atoms with Crippen LogP contribution in [0.2, 0.25) is 0 Å². The molecule has 1 N–H and O–H groups in total. The molecule has 156 valence electrons. The number of rotatable bonds is 6. The SMILES string of the molecule is CC(=O)NCc1ccc(C(c2cc(F)ccc2F)S(=O)(=O)c2ccc(C)cc2)nc1. The van der Waals surface area contributed by atoms with Gasteiger partial charge in [-0.05, 0) is 48.9 Å². The molecule has 0 saturated carbocycles. The molecule has 0 aliphatic rings. The number of nitrogens with zero attached hydrogens (tertiary/aromatic N) is 1. The van der Waals surface area contributed by atoms with E-state index in [2.05, 4.69) is 10.3 Å². The van der Waals surface area contributed by atoms with E-state index in [1.807, 2.05) is 6.92 Å². The van der Waals surface area contributed by atoms with Crippen LogP contribution in [0.5, 0.6) is 0 Å². The van der Waals surface area contributed by atoms with E-state index in [0.717, 1.165) is 23.8 Å². The van der Waals surface area contributed by atoms with Crippen molar-refractivity contribution in [1.82, 2.24) is 10.3 Å². The van der Waals surface area contributed by atoms with Crippen molar-refractivity contribution in [2.24, 2.45) is 0 Å². The largest absolute Gasteiger partial charge is 0.352 e. The van der Waals surface area contributed by atoms with E-state index in [4.69, 9.17) is 0 Å². The van der Waals surface area contributed by atoms with E-state index >= 15 is 0 Å². The molecule has 0 fully saturated rings. The number of pyridine rings is 1. The second kappa shape index (κ2) is 8.71. The molecule has 2 aromatic carbocycles. The van der Waals surface area contributed by atoms with E-state index in [1.165, 1.54) is 31.3 Å². The summed E-state index contributed by atoms with van der Waals surface area (Å²) in [5.74, 6) is -1.82. The van der Waals surface area contributed by atoms with Crippen LogP contribution in [0, 0.1) is 18.6 Å². The maximum atomic E-state index is 14.6. The standard InChI is InChI=1S/C22H20F2N2O3S/c1-14-3-7-18(8-4-14)30(28,29)22(19-11-17(23)6-9-20(19)24)21-10-5-16(13-26-21)12-25-15(2)27/h3-11,13,22H,12H2,1-2H3,(H,25,27). The Morgan fingerprint density at radius 1 is 1.07 bits per heavy atom. The molecule has 1 unspecified atom stereocenters. The van der Waals surface area contributed by atoms with Crippen LogP contribution in [0.25, 0.3) is 0 Å². The summed E-state index contributed by atoms with van der Waals surface area (Å²) in [4.78, 5) is 15.2. The highest BCUT2D eigenvalue weighted by atomic mass is 32.2. The molecule has 1 atom stereocenters. The van der Waals surface area contributed by atoms with Gasteiger partial charge in [0.25, 0.3) is 0 Å². The molecule has 8 heteroatoms. The fraction of sp³-hybridized carbons (Fsp3) is 0.182. The van der Waals surface area contributed by atoms with Crippen molar-refractivity contribution in [2.45, 2.75) is 30.5 Å². The lowest BCUT2D eigenvalue weighted by Crippen LogP contribution is -2.20. The van der Waals surface area contributed by atoms with Gasteiger partial charge >= 0.3 is 0 Å². The predicted molar refractivity (Wildman–Crippen MR) is 108 cm³/mol. The number of amides is 1. The van der Waals surface area contributed by atoms with Crippen LogP contribution < -0.4 is 5.32 Å². The lowest BCUT2D eigenvalue weighted by molar-refractivity contribution is -0.119. The molecule has 3 aromatic rings. The number of aryl methyl sites for hydroxylation is 1. The van der Waals surface area contributed by atoms with Gasteiger partial charge in [-0.2, -0.15) is 0 Å². The van der Waals surface area contributed by atoms with Gasteiger partial charge in [-0.25, -0.2) is 17.2 Å². The van der Waals surface area contributed by atoms with E-state index < -0.39 is 26.7 Å². The zero-order valence-electron chi connectivity index (χ0n) is 16.4. The van der Waals surface area contributed by atoms with E-state index in [1.54, 1.807) is 18.2 Å². The van der Waals surface area contributed by atoms with Gasteiger partial charge < -0.3 is 5.32 Å². The Bertz CT molecular complexity index is 1160. The van der Waals surface area contributed by atoms with Crippen LogP contribution in [0.4, 0.5) is 8.78 Å². The minimum absolute atomic E-state index is 0.0223. The lowest BCUT2D eigenvalue weighted by Gasteiger charge is -2.19. The van der Waals surface area contributed by atoms with Gasteiger partial charge in [0.05, 0.1) is 10.6 Å². The average molecular weight is 430 g/mol. The Labute approximate surface area is 173 Å². The average Bonchev–Trinajstić information content (AvgIpc) is 2.70. The molecule has 0 bridgehead atoms. The topological polar surface area (TPSA) is 76.1 Å². The van der Waals surface area contributed by atoms with Crippen LogP contribution in [0.1, 0.15) is 34.6 Å². The molecule has 0 spiro atoms. The minimum atomic E-state index is -4.14. The van der Waals surface area contributed by atoms with E-state index in [0.29, 0.717) is 5.56 Å². The quantitative estimate of drug-likeness (QED) is 0.644. The summed E-state index contributed by atoms with van der Waals surface area (Å²) in [6, 6.07) is 11.9. The summed E-state index contributed by atoms with van der Waals surface area (Å²) >= 11 is 0. The molecule has 1 aromatic heterocycles. The monoisotopic (exact) mass is 430 g/mol. The highest BCUT2D eigenvalue weighted by Gasteiger charge is 2.34. The fourth-order valence-electron chi connectivity index (χ4n) is 2.99. The number of sulfone groups is 1. The van der Waals surface area contributed by atoms with Crippen LogP contribution in [0.15, 0.2) is 65.7 Å².